The van der Waals surface area contributed by atoms with Crippen LogP contribution in [-0.4, -0.2) is 58.0 Å². The van der Waals surface area contributed by atoms with Crippen LogP contribution in [0.15, 0.2) is 57.5 Å². The number of ketones is 1. The standard InChI is InChI=1S/C35H44N4O4/c1-17(2)38-19(5)34(8,9)24-12-22(26(36-16-40)14-28(24)38)30-32(42)31(33(30)43)23-13-25-29(15-27(23)37-21(7)41)39(18(3)4)20(6)35(25,10)11/h12-20,42H,1-11H3,(H,37,41). The number of nitrogens with zero attached hydrogens (tertiary/aromatic N) is 3. The normalized spacial score (nSPS) is 26.5. The minimum atomic E-state index is -0.347. The van der Waals surface area contributed by atoms with Gasteiger partial charge >= 0.3 is 0 Å². The molecule has 0 aromatic heterocycles. The third-order valence-electron chi connectivity index (χ3n) is 10.2. The topological polar surface area (TPSA) is 102 Å². The Morgan fingerprint density at radius 2 is 1.58 bits per heavy atom. The minimum absolute atomic E-state index is 0.135. The van der Waals surface area contributed by atoms with Gasteiger partial charge in [0.2, 0.25) is 18.1 Å². The van der Waals surface area contributed by atoms with Crippen molar-refractivity contribution in [1.82, 2.24) is 4.90 Å². The van der Waals surface area contributed by atoms with E-state index in [1.807, 2.05) is 24.3 Å². The Kier molecular flexibility index (Phi) is 7.14. The Balaban J connectivity index is 1.72. The summed E-state index contributed by atoms with van der Waals surface area (Å²) >= 11 is 0. The summed E-state index contributed by atoms with van der Waals surface area (Å²) in [4.78, 5) is 46.7. The fourth-order valence-electron chi connectivity index (χ4n) is 7.40. The van der Waals surface area contributed by atoms with E-state index in [4.69, 9.17) is 0 Å². The molecule has 228 valence electrons. The van der Waals surface area contributed by atoms with Crippen molar-refractivity contribution < 1.29 is 19.5 Å². The molecule has 0 bridgehead atoms. The lowest BCUT2D eigenvalue weighted by Gasteiger charge is -2.34. The van der Waals surface area contributed by atoms with Gasteiger partial charge in [0.05, 0.1) is 22.5 Å². The summed E-state index contributed by atoms with van der Waals surface area (Å²) in [6, 6.07) is 4.67. The molecule has 8 nitrogen and oxygen atoms in total. The fourth-order valence-corrected chi connectivity index (χ4v) is 7.40. The van der Waals surface area contributed by atoms with Crippen molar-refractivity contribution in [1.29, 1.82) is 0 Å². The molecule has 1 aromatic carbocycles. The zero-order chi connectivity index (χ0) is 31.9. The molecule has 43 heavy (non-hydrogen) atoms. The number of amides is 2. The lowest BCUT2D eigenvalue weighted by Crippen LogP contribution is -2.42. The third-order valence-corrected chi connectivity index (χ3v) is 10.2. The van der Waals surface area contributed by atoms with E-state index in [-0.39, 0.29) is 63.6 Å². The summed E-state index contributed by atoms with van der Waals surface area (Å²) in [5.74, 6) is -0.774. The third kappa shape index (κ3) is 4.32. The molecule has 0 spiro atoms. The molecule has 0 saturated carbocycles. The Hall–Kier alpha value is -3.94. The summed E-state index contributed by atoms with van der Waals surface area (Å²) in [6.45, 7) is 23.0. The quantitative estimate of drug-likeness (QED) is 0.313. The van der Waals surface area contributed by atoms with Crippen LogP contribution in [0.2, 0.25) is 0 Å². The predicted octanol–water partition coefficient (Wildman–Crippen LogP) is 6.25. The van der Waals surface area contributed by atoms with Gasteiger partial charge in [0.1, 0.15) is 5.76 Å². The lowest BCUT2D eigenvalue weighted by molar-refractivity contribution is -0.114. The first-order chi connectivity index (χ1) is 20.0. The molecule has 2 aliphatic heterocycles. The highest BCUT2D eigenvalue weighted by Crippen LogP contribution is 2.53. The van der Waals surface area contributed by atoms with Gasteiger partial charge < -0.3 is 20.2 Å². The number of aliphatic hydroxyl groups is 1. The van der Waals surface area contributed by atoms with Gasteiger partial charge in [0.25, 0.3) is 0 Å². The van der Waals surface area contributed by atoms with Crippen LogP contribution in [0.25, 0.3) is 5.57 Å². The van der Waals surface area contributed by atoms with Crippen LogP contribution in [-0.2, 0) is 19.8 Å². The van der Waals surface area contributed by atoms with Crippen LogP contribution in [0.1, 0.15) is 87.3 Å². The Bertz CT molecular complexity index is 1620. The van der Waals surface area contributed by atoms with Gasteiger partial charge in [0, 0.05) is 64.4 Å². The van der Waals surface area contributed by atoms with E-state index >= 15 is 0 Å². The van der Waals surface area contributed by atoms with Crippen LogP contribution in [0.4, 0.5) is 11.4 Å². The first-order valence-corrected chi connectivity index (χ1v) is 15.2. The molecule has 2 atom stereocenters. The van der Waals surface area contributed by atoms with Gasteiger partial charge in [-0.05, 0) is 77.0 Å². The number of carbonyl (C=O) groups is 3. The first-order valence-electron chi connectivity index (χ1n) is 15.2. The van der Waals surface area contributed by atoms with Crippen LogP contribution < -0.4 is 10.2 Å². The van der Waals surface area contributed by atoms with E-state index in [2.05, 4.69) is 89.3 Å². The van der Waals surface area contributed by atoms with E-state index in [1.54, 1.807) is 0 Å². The molecule has 2 unspecified atom stereocenters. The van der Waals surface area contributed by atoms with Crippen LogP contribution in [0, 0.1) is 5.41 Å². The minimum Gasteiger partial charge on any atom is -0.506 e. The number of hydrogen-bond donors (Lipinski definition) is 2. The zero-order valence-electron chi connectivity index (χ0n) is 27.2. The van der Waals surface area contributed by atoms with Gasteiger partial charge in [-0.2, -0.15) is 0 Å². The number of nitrogens with one attached hydrogen (secondary N) is 1. The number of aliphatic hydroxyl groups excluding tert-OH is 1. The molecule has 0 radical (unpaired) electrons. The Morgan fingerprint density at radius 1 is 0.977 bits per heavy atom. The van der Waals surface area contributed by atoms with Crippen molar-refractivity contribution in [2.75, 3.05) is 10.2 Å². The predicted molar refractivity (Wildman–Crippen MR) is 172 cm³/mol. The molecule has 2 heterocycles. The van der Waals surface area contributed by atoms with Gasteiger partial charge in [-0.3, -0.25) is 14.4 Å². The van der Waals surface area contributed by atoms with Crippen LogP contribution >= 0.6 is 0 Å². The summed E-state index contributed by atoms with van der Waals surface area (Å²) in [5.41, 5.74) is 5.63. The molecular formula is C35H44N4O4. The largest absolute Gasteiger partial charge is 0.506 e. The van der Waals surface area contributed by atoms with Gasteiger partial charge in [0.15, 0.2) is 0 Å². The number of allylic oxidation sites excluding steroid dienone is 6. The maximum atomic E-state index is 14.0. The lowest BCUT2D eigenvalue weighted by atomic mass is 9.73. The maximum Gasteiger partial charge on any atom is 0.233 e. The number of carbonyl (C=O) groups excluding carboxylic acids is 3. The monoisotopic (exact) mass is 584 g/mol. The average molecular weight is 585 g/mol. The van der Waals surface area contributed by atoms with E-state index in [0.717, 1.165) is 22.5 Å². The second kappa shape index (κ2) is 10.1. The summed E-state index contributed by atoms with van der Waals surface area (Å²) in [6.07, 6.45) is 4.25. The van der Waals surface area contributed by atoms with Crippen molar-refractivity contribution in [3.8, 4) is 0 Å². The number of rotatable bonds is 5. The molecule has 2 amide bonds. The maximum absolute atomic E-state index is 14.0. The molecule has 1 saturated heterocycles. The number of benzene rings is 1. The second-order valence-corrected chi connectivity index (χ2v) is 13.9. The van der Waals surface area contributed by atoms with E-state index in [1.165, 1.54) is 6.92 Å². The van der Waals surface area contributed by atoms with E-state index in [9.17, 15) is 19.5 Å². The molecule has 8 heteroatoms. The molecule has 2 N–H and O–H groups in total. The van der Waals surface area contributed by atoms with Crippen molar-refractivity contribution in [3.05, 3.63) is 63.6 Å². The SMILES string of the molecule is CC(=O)Nc1cc2c(cc1C1=C(O)C(=C3C=C4C(=CC3=NC=O)N(C(C)C)C(C)C4(C)C)C1=O)C(C)(C)C(C)N2C(C)C. The summed E-state index contributed by atoms with van der Waals surface area (Å²) < 4.78 is 0. The number of likely N-dealkylation sites (tertiary alicyclic amines) is 1. The van der Waals surface area contributed by atoms with Crippen molar-refractivity contribution >= 4 is 40.8 Å². The fraction of sp³-hybridized carbons (Fsp3) is 0.486. The van der Waals surface area contributed by atoms with Gasteiger partial charge in [-0.15, -0.1) is 0 Å². The van der Waals surface area contributed by atoms with E-state index < -0.39 is 0 Å². The van der Waals surface area contributed by atoms with Crippen molar-refractivity contribution in [2.24, 2.45) is 10.4 Å². The first kappa shape index (κ1) is 30.5. The number of Topliss-reactive ketones (excluding diaryl/α,β-unsaturated/α-hetero) is 1. The Morgan fingerprint density at radius 3 is 2.12 bits per heavy atom. The Labute approximate surface area is 254 Å². The summed E-state index contributed by atoms with van der Waals surface area (Å²) in [7, 11) is 0. The van der Waals surface area contributed by atoms with Crippen molar-refractivity contribution in [3.63, 3.8) is 0 Å². The number of hydrogen-bond acceptors (Lipinski definition) is 6. The zero-order valence-corrected chi connectivity index (χ0v) is 27.2. The highest BCUT2D eigenvalue weighted by atomic mass is 16.3. The smallest absolute Gasteiger partial charge is 0.233 e. The molecule has 1 aromatic rings. The molecule has 1 fully saturated rings. The van der Waals surface area contributed by atoms with Gasteiger partial charge in [-0.25, -0.2) is 4.99 Å². The highest BCUT2D eigenvalue weighted by molar-refractivity contribution is 6.42. The summed E-state index contributed by atoms with van der Waals surface area (Å²) in [5, 5.41) is 14.5. The molecular weight excluding hydrogens is 540 g/mol. The molecule has 2 aliphatic carbocycles. The molecule has 5 rings (SSSR count). The number of aliphatic imine (C=N–C) groups is 1. The van der Waals surface area contributed by atoms with E-state index in [0.29, 0.717) is 28.9 Å². The van der Waals surface area contributed by atoms with Crippen LogP contribution in [0.3, 0.4) is 0 Å². The van der Waals surface area contributed by atoms with Gasteiger partial charge in [-0.1, -0.05) is 27.7 Å². The van der Waals surface area contributed by atoms with Crippen LogP contribution in [0.5, 0.6) is 0 Å². The molecule has 4 aliphatic rings. The van der Waals surface area contributed by atoms with Crippen molar-refractivity contribution in [2.45, 2.75) is 106 Å². The second-order valence-electron chi connectivity index (χ2n) is 13.9. The number of anilines is 2. The highest BCUT2D eigenvalue weighted by Gasteiger charge is 2.49. The number of fused-ring (bicyclic) bond motifs is 2. The average Bonchev–Trinajstić information content (AvgIpc) is 3.21.